The van der Waals surface area contributed by atoms with Gasteiger partial charge in [-0.25, -0.2) is 9.97 Å². The van der Waals surface area contributed by atoms with E-state index < -0.39 is 0 Å². The predicted molar refractivity (Wildman–Crippen MR) is 46.4 cm³/mol. The molecule has 5 heteroatoms. The molecule has 12 heavy (non-hydrogen) atoms. The number of imidazole rings is 1. The molecule has 4 nitrogen and oxygen atoms in total. The first-order chi connectivity index (χ1) is 5.90. The van der Waals surface area contributed by atoms with Crippen molar-refractivity contribution in [2.75, 3.05) is 0 Å². The van der Waals surface area contributed by atoms with Crippen LogP contribution in [0.2, 0.25) is 0 Å². The Morgan fingerprint density at radius 3 is 3.08 bits per heavy atom. The zero-order chi connectivity index (χ0) is 8.39. The average molecular weight is 180 g/mol. The molecule has 0 spiro atoms. The van der Waals surface area contributed by atoms with Crippen LogP contribution in [0.3, 0.4) is 0 Å². The fraction of sp³-hybridized carbons (Fsp3) is 0.286. The lowest BCUT2D eigenvalue weighted by atomic mass is 10.5. The summed E-state index contributed by atoms with van der Waals surface area (Å²) in [5.41, 5.74) is 0. The Bertz CT molecular complexity index is 351. The van der Waals surface area contributed by atoms with Gasteiger partial charge in [-0.1, -0.05) is 6.92 Å². The van der Waals surface area contributed by atoms with E-state index in [0.717, 1.165) is 17.4 Å². The predicted octanol–water partition coefficient (Wildman–Crippen LogP) is 1.29. The molecule has 0 saturated carbocycles. The largest absolute Gasteiger partial charge is 0.281 e. The highest BCUT2D eigenvalue weighted by molar-refractivity contribution is 7.08. The van der Waals surface area contributed by atoms with Gasteiger partial charge in [0.1, 0.15) is 12.2 Å². The van der Waals surface area contributed by atoms with Gasteiger partial charge in [-0.05, 0) is 0 Å². The first-order valence-electron chi connectivity index (χ1n) is 3.71. The van der Waals surface area contributed by atoms with E-state index >= 15 is 0 Å². The lowest BCUT2D eigenvalue weighted by molar-refractivity contribution is 0.954. The minimum absolute atomic E-state index is 0.879. The lowest BCUT2D eigenvalue weighted by Gasteiger charge is -1.90. The van der Waals surface area contributed by atoms with Crippen molar-refractivity contribution in [2.24, 2.45) is 0 Å². The second-order valence-electron chi connectivity index (χ2n) is 2.32. The Morgan fingerprint density at radius 1 is 1.58 bits per heavy atom. The third-order valence-electron chi connectivity index (χ3n) is 1.50. The zero-order valence-corrected chi connectivity index (χ0v) is 7.45. The van der Waals surface area contributed by atoms with Crippen LogP contribution in [0.15, 0.2) is 18.7 Å². The van der Waals surface area contributed by atoms with E-state index in [4.69, 9.17) is 0 Å². The molecule has 0 fully saturated rings. The van der Waals surface area contributed by atoms with Crippen LogP contribution < -0.4 is 0 Å². The summed E-state index contributed by atoms with van der Waals surface area (Å²) in [6.45, 7) is 2.04. The van der Waals surface area contributed by atoms with Gasteiger partial charge in [0.2, 0.25) is 5.13 Å². The Hall–Kier alpha value is -1.23. The van der Waals surface area contributed by atoms with Crippen molar-refractivity contribution in [2.45, 2.75) is 13.3 Å². The first-order valence-corrected chi connectivity index (χ1v) is 4.48. The van der Waals surface area contributed by atoms with E-state index in [1.165, 1.54) is 11.5 Å². The van der Waals surface area contributed by atoms with Crippen LogP contribution in [-0.4, -0.2) is 18.9 Å². The molecule has 2 aromatic rings. The second-order valence-corrected chi connectivity index (χ2v) is 3.05. The molecule has 0 aliphatic rings. The molecule has 0 aromatic carbocycles. The average Bonchev–Trinajstić information content (AvgIpc) is 2.75. The van der Waals surface area contributed by atoms with Crippen LogP contribution in [0.5, 0.6) is 0 Å². The zero-order valence-electron chi connectivity index (χ0n) is 6.64. The van der Waals surface area contributed by atoms with Crippen LogP contribution in [-0.2, 0) is 6.42 Å². The Morgan fingerprint density at radius 2 is 2.50 bits per heavy atom. The van der Waals surface area contributed by atoms with Crippen LogP contribution in [0, 0.1) is 0 Å². The molecule has 0 radical (unpaired) electrons. The van der Waals surface area contributed by atoms with Crippen LogP contribution >= 0.6 is 11.5 Å². The standard InChI is InChI=1S/C7H8N4S/c1-2-6-9-7(12-10-6)11-4-3-8-5-11/h3-5H,2H2,1H3. The number of hydrogen-bond acceptors (Lipinski definition) is 4. The summed E-state index contributed by atoms with van der Waals surface area (Å²) in [5, 5.41) is 0.879. The Labute approximate surface area is 74.1 Å². The topological polar surface area (TPSA) is 43.6 Å². The third-order valence-corrected chi connectivity index (χ3v) is 2.27. The van der Waals surface area contributed by atoms with Gasteiger partial charge in [-0.15, -0.1) is 0 Å². The number of aromatic nitrogens is 4. The minimum atomic E-state index is 0.879. The number of hydrogen-bond donors (Lipinski definition) is 0. The third kappa shape index (κ3) is 1.23. The van der Waals surface area contributed by atoms with Gasteiger partial charge in [0.05, 0.1) is 0 Å². The molecule has 0 saturated heterocycles. The molecule has 0 unspecified atom stereocenters. The van der Waals surface area contributed by atoms with Gasteiger partial charge in [0.25, 0.3) is 0 Å². The summed E-state index contributed by atoms with van der Waals surface area (Å²) >= 11 is 1.39. The quantitative estimate of drug-likeness (QED) is 0.699. The molecule has 2 aromatic heterocycles. The van der Waals surface area contributed by atoms with Crippen molar-refractivity contribution in [1.29, 1.82) is 0 Å². The maximum absolute atomic E-state index is 4.30. The molecular formula is C7H8N4S. The Balaban J connectivity index is 2.35. The lowest BCUT2D eigenvalue weighted by Crippen LogP contribution is -1.89. The number of aryl methyl sites for hydroxylation is 1. The van der Waals surface area contributed by atoms with Crippen molar-refractivity contribution in [3.05, 3.63) is 24.5 Å². The van der Waals surface area contributed by atoms with Crippen molar-refractivity contribution in [3.63, 3.8) is 0 Å². The summed E-state index contributed by atoms with van der Waals surface area (Å²) in [6, 6.07) is 0. The van der Waals surface area contributed by atoms with Gasteiger partial charge in [-0.3, -0.25) is 4.57 Å². The molecule has 0 atom stereocenters. The number of nitrogens with zero attached hydrogens (tertiary/aromatic N) is 4. The monoisotopic (exact) mass is 180 g/mol. The van der Waals surface area contributed by atoms with E-state index in [0.29, 0.717) is 0 Å². The Kier molecular flexibility index (Phi) is 1.87. The van der Waals surface area contributed by atoms with Gasteiger partial charge in [-0.2, -0.15) is 4.37 Å². The fourth-order valence-electron chi connectivity index (χ4n) is 0.865. The summed E-state index contributed by atoms with van der Waals surface area (Å²) < 4.78 is 6.03. The second kappa shape index (κ2) is 3.02. The molecular weight excluding hydrogens is 172 g/mol. The molecule has 62 valence electrons. The van der Waals surface area contributed by atoms with E-state index in [1.54, 1.807) is 12.5 Å². The summed E-state index contributed by atoms with van der Waals surface area (Å²) in [6.07, 6.45) is 6.19. The summed E-state index contributed by atoms with van der Waals surface area (Å²) in [7, 11) is 0. The van der Waals surface area contributed by atoms with Gasteiger partial charge in [0, 0.05) is 30.3 Å². The van der Waals surface area contributed by atoms with E-state index in [2.05, 4.69) is 14.3 Å². The van der Waals surface area contributed by atoms with Crippen molar-refractivity contribution in [3.8, 4) is 5.13 Å². The van der Waals surface area contributed by atoms with E-state index in [-0.39, 0.29) is 0 Å². The highest BCUT2D eigenvalue weighted by Crippen LogP contribution is 2.09. The molecule has 0 bridgehead atoms. The summed E-state index contributed by atoms with van der Waals surface area (Å²) in [4.78, 5) is 8.24. The molecule has 0 N–H and O–H groups in total. The molecule has 0 amide bonds. The van der Waals surface area contributed by atoms with Gasteiger partial charge >= 0.3 is 0 Å². The SMILES string of the molecule is CCc1nsc(-n2ccnc2)n1. The maximum atomic E-state index is 4.30. The minimum Gasteiger partial charge on any atom is -0.281 e. The van der Waals surface area contributed by atoms with Crippen LogP contribution in [0.4, 0.5) is 0 Å². The fourth-order valence-corrected chi connectivity index (χ4v) is 1.57. The smallest absolute Gasteiger partial charge is 0.214 e. The molecule has 2 heterocycles. The highest BCUT2D eigenvalue weighted by Gasteiger charge is 2.02. The van der Waals surface area contributed by atoms with Crippen LogP contribution in [0.25, 0.3) is 5.13 Å². The molecule has 2 rings (SSSR count). The normalized spacial score (nSPS) is 10.4. The first kappa shape index (κ1) is 7.42. The van der Waals surface area contributed by atoms with Crippen molar-refractivity contribution < 1.29 is 0 Å². The molecule has 0 aliphatic carbocycles. The molecule has 0 aliphatic heterocycles. The van der Waals surface area contributed by atoms with Crippen molar-refractivity contribution in [1.82, 2.24) is 18.9 Å². The van der Waals surface area contributed by atoms with E-state index in [9.17, 15) is 0 Å². The van der Waals surface area contributed by atoms with Gasteiger partial charge in [0.15, 0.2) is 0 Å². The van der Waals surface area contributed by atoms with E-state index in [1.807, 2.05) is 17.7 Å². The van der Waals surface area contributed by atoms with Crippen LogP contribution in [0.1, 0.15) is 12.7 Å². The summed E-state index contributed by atoms with van der Waals surface area (Å²) in [5.74, 6) is 0.892. The number of rotatable bonds is 2. The van der Waals surface area contributed by atoms with Crippen molar-refractivity contribution >= 4 is 11.5 Å². The van der Waals surface area contributed by atoms with Gasteiger partial charge < -0.3 is 0 Å². The maximum Gasteiger partial charge on any atom is 0.214 e. The highest BCUT2D eigenvalue weighted by atomic mass is 32.1.